The zero-order valence-corrected chi connectivity index (χ0v) is 11.5. The van der Waals surface area contributed by atoms with Crippen LogP contribution in [-0.4, -0.2) is 61.9 Å². The molecule has 0 aromatic heterocycles. The van der Waals surface area contributed by atoms with Crippen molar-refractivity contribution >= 4 is 5.91 Å². The number of nitrogens with zero attached hydrogens (tertiary/aromatic N) is 1. The van der Waals surface area contributed by atoms with Gasteiger partial charge in [0.05, 0.1) is 18.8 Å². The standard InChI is InChI=1S/C13H26N2O3/c1-15(9-11(16)10-18-2)13(17)12-7-5-3-4-6-8-14-12/h11-12,14,16H,3-10H2,1-2H3. The second kappa shape index (κ2) is 8.45. The van der Waals surface area contributed by atoms with E-state index in [1.54, 1.807) is 19.1 Å². The number of aliphatic hydroxyl groups excluding tert-OH is 1. The Balaban J connectivity index is 2.40. The van der Waals surface area contributed by atoms with E-state index in [2.05, 4.69) is 5.32 Å². The molecule has 0 aliphatic carbocycles. The number of ether oxygens (including phenoxy) is 1. The van der Waals surface area contributed by atoms with E-state index < -0.39 is 6.10 Å². The summed E-state index contributed by atoms with van der Waals surface area (Å²) in [6.07, 6.45) is 4.97. The Bertz CT molecular complexity index is 240. The summed E-state index contributed by atoms with van der Waals surface area (Å²) in [5.41, 5.74) is 0. The van der Waals surface area contributed by atoms with Crippen molar-refractivity contribution in [3.63, 3.8) is 0 Å². The fourth-order valence-electron chi connectivity index (χ4n) is 2.33. The lowest BCUT2D eigenvalue weighted by Gasteiger charge is -2.27. The molecular formula is C13H26N2O3. The van der Waals surface area contributed by atoms with E-state index in [-0.39, 0.29) is 18.6 Å². The van der Waals surface area contributed by atoms with Crippen LogP contribution in [0.4, 0.5) is 0 Å². The first-order chi connectivity index (χ1) is 8.65. The highest BCUT2D eigenvalue weighted by Gasteiger charge is 2.23. The molecule has 5 heteroatoms. The van der Waals surface area contributed by atoms with Gasteiger partial charge in [0.1, 0.15) is 0 Å². The van der Waals surface area contributed by atoms with Crippen LogP contribution in [0.25, 0.3) is 0 Å². The predicted octanol–water partition coefficient (Wildman–Crippen LogP) is 0.374. The summed E-state index contributed by atoms with van der Waals surface area (Å²) in [7, 11) is 3.28. The van der Waals surface area contributed by atoms with Crippen LogP contribution in [-0.2, 0) is 9.53 Å². The van der Waals surface area contributed by atoms with Crippen molar-refractivity contribution in [3.8, 4) is 0 Å². The average Bonchev–Trinajstić information content (AvgIpc) is 2.27. The first-order valence-corrected chi connectivity index (χ1v) is 6.80. The Morgan fingerprint density at radius 2 is 2.17 bits per heavy atom. The molecule has 1 saturated heterocycles. The third kappa shape index (κ3) is 5.33. The molecule has 0 bridgehead atoms. The summed E-state index contributed by atoms with van der Waals surface area (Å²) >= 11 is 0. The van der Waals surface area contributed by atoms with Gasteiger partial charge < -0.3 is 20.1 Å². The van der Waals surface area contributed by atoms with Crippen LogP contribution >= 0.6 is 0 Å². The molecule has 2 N–H and O–H groups in total. The van der Waals surface area contributed by atoms with Gasteiger partial charge in [-0.1, -0.05) is 19.3 Å². The largest absolute Gasteiger partial charge is 0.389 e. The third-order valence-corrected chi connectivity index (χ3v) is 3.33. The minimum atomic E-state index is -0.613. The Morgan fingerprint density at radius 3 is 2.89 bits per heavy atom. The summed E-state index contributed by atoms with van der Waals surface area (Å²) < 4.78 is 4.86. The summed E-state index contributed by atoms with van der Waals surface area (Å²) in [5.74, 6) is 0.0760. The smallest absolute Gasteiger partial charge is 0.239 e. The van der Waals surface area contributed by atoms with Crippen molar-refractivity contribution in [1.29, 1.82) is 0 Å². The second-order valence-corrected chi connectivity index (χ2v) is 5.04. The molecule has 0 radical (unpaired) electrons. The van der Waals surface area contributed by atoms with Crippen molar-refractivity contribution < 1.29 is 14.6 Å². The van der Waals surface area contributed by atoms with Crippen LogP contribution < -0.4 is 5.32 Å². The Hall–Kier alpha value is -0.650. The molecule has 1 heterocycles. The van der Waals surface area contributed by atoms with Crippen LogP contribution in [0.3, 0.4) is 0 Å². The molecule has 2 atom stereocenters. The van der Waals surface area contributed by atoms with Crippen molar-refractivity contribution in [2.75, 3.05) is 33.9 Å². The van der Waals surface area contributed by atoms with Crippen molar-refractivity contribution in [2.45, 2.75) is 44.2 Å². The van der Waals surface area contributed by atoms with Gasteiger partial charge in [0, 0.05) is 20.7 Å². The Labute approximate surface area is 109 Å². The van der Waals surface area contributed by atoms with Crippen molar-refractivity contribution in [2.24, 2.45) is 0 Å². The molecule has 1 aliphatic heterocycles. The SMILES string of the molecule is COCC(O)CN(C)C(=O)C1CCCCCCN1. The summed E-state index contributed by atoms with van der Waals surface area (Å²) in [6, 6.07) is -0.0926. The van der Waals surface area contributed by atoms with Crippen molar-refractivity contribution in [1.82, 2.24) is 10.2 Å². The number of amides is 1. The van der Waals surface area contributed by atoms with Crippen molar-refractivity contribution in [3.05, 3.63) is 0 Å². The number of nitrogens with one attached hydrogen (secondary N) is 1. The molecule has 1 aliphatic rings. The van der Waals surface area contributed by atoms with Gasteiger partial charge in [-0.2, -0.15) is 0 Å². The molecule has 1 rings (SSSR count). The number of rotatable bonds is 5. The average molecular weight is 258 g/mol. The van der Waals surface area contributed by atoms with E-state index in [4.69, 9.17) is 4.74 Å². The fourth-order valence-corrected chi connectivity index (χ4v) is 2.33. The molecule has 0 saturated carbocycles. The van der Waals surface area contributed by atoms with Crippen LogP contribution in [0.2, 0.25) is 0 Å². The number of carbonyl (C=O) groups excluding carboxylic acids is 1. The van der Waals surface area contributed by atoms with Gasteiger partial charge in [0.2, 0.25) is 5.91 Å². The van der Waals surface area contributed by atoms with Gasteiger partial charge in [-0.25, -0.2) is 0 Å². The fraction of sp³-hybridized carbons (Fsp3) is 0.923. The molecule has 0 aromatic rings. The number of methoxy groups -OCH3 is 1. The summed E-state index contributed by atoms with van der Waals surface area (Å²) in [5, 5.41) is 12.9. The van der Waals surface area contributed by atoms with Crippen LogP contribution in [0.1, 0.15) is 32.1 Å². The zero-order valence-electron chi connectivity index (χ0n) is 11.5. The minimum absolute atomic E-state index is 0.0760. The predicted molar refractivity (Wildman–Crippen MR) is 70.4 cm³/mol. The van der Waals surface area contributed by atoms with Gasteiger partial charge in [0.15, 0.2) is 0 Å². The Kier molecular flexibility index (Phi) is 7.23. The molecule has 18 heavy (non-hydrogen) atoms. The van der Waals surface area contributed by atoms with Gasteiger partial charge in [-0.05, 0) is 19.4 Å². The summed E-state index contributed by atoms with van der Waals surface area (Å²) in [4.78, 5) is 13.8. The minimum Gasteiger partial charge on any atom is -0.389 e. The molecule has 106 valence electrons. The van der Waals surface area contributed by atoms with Gasteiger partial charge >= 0.3 is 0 Å². The van der Waals surface area contributed by atoms with E-state index >= 15 is 0 Å². The highest BCUT2D eigenvalue weighted by atomic mass is 16.5. The first kappa shape index (κ1) is 15.4. The highest BCUT2D eigenvalue weighted by molar-refractivity contribution is 5.81. The highest BCUT2D eigenvalue weighted by Crippen LogP contribution is 2.11. The van der Waals surface area contributed by atoms with Crippen LogP contribution in [0, 0.1) is 0 Å². The molecule has 0 spiro atoms. The van der Waals surface area contributed by atoms with Crippen LogP contribution in [0.15, 0.2) is 0 Å². The topological polar surface area (TPSA) is 61.8 Å². The summed E-state index contributed by atoms with van der Waals surface area (Å²) in [6.45, 7) is 1.49. The number of carbonyl (C=O) groups is 1. The molecule has 2 unspecified atom stereocenters. The molecule has 5 nitrogen and oxygen atoms in total. The number of hydrogen-bond donors (Lipinski definition) is 2. The lowest BCUT2D eigenvalue weighted by atomic mass is 10.0. The maximum Gasteiger partial charge on any atom is 0.239 e. The zero-order chi connectivity index (χ0) is 13.4. The maximum atomic E-state index is 12.2. The molecular weight excluding hydrogens is 232 g/mol. The third-order valence-electron chi connectivity index (χ3n) is 3.33. The number of aliphatic hydroxyl groups is 1. The number of likely N-dealkylation sites (N-methyl/N-ethyl adjacent to an activating group) is 1. The second-order valence-electron chi connectivity index (χ2n) is 5.04. The maximum absolute atomic E-state index is 12.2. The number of hydrogen-bond acceptors (Lipinski definition) is 4. The van der Waals surface area contributed by atoms with Gasteiger partial charge in [0.25, 0.3) is 0 Å². The van der Waals surface area contributed by atoms with E-state index in [1.165, 1.54) is 12.8 Å². The Morgan fingerprint density at radius 1 is 1.44 bits per heavy atom. The van der Waals surface area contributed by atoms with E-state index in [0.717, 1.165) is 25.8 Å². The molecule has 0 aromatic carbocycles. The quantitative estimate of drug-likeness (QED) is 0.748. The molecule has 1 fully saturated rings. The van der Waals surface area contributed by atoms with Gasteiger partial charge in [-0.3, -0.25) is 4.79 Å². The van der Waals surface area contributed by atoms with E-state index in [9.17, 15) is 9.90 Å². The first-order valence-electron chi connectivity index (χ1n) is 6.80. The van der Waals surface area contributed by atoms with E-state index in [0.29, 0.717) is 6.54 Å². The lowest BCUT2D eigenvalue weighted by molar-refractivity contribution is -0.134. The molecule has 1 amide bonds. The van der Waals surface area contributed by atoms with Crippen LogP contribution in [0.5, 0.6) is 0 Å². The van der Waals surface area contributed by atoms with Gasteiger partial charge in [-0.15, -0.1) is 0 Å². The monoisotopic (exact) mass is 258 g/mol. The lowest BCUT2D eigenvalue weighted by Crippen LogP contribution is -2.48. The normalized spacial score (nSPS) is 22.9. The van der Waals surface area contributed by atoms with E-state index in [1.807, 2.05) is 0 Å².